The van der Waals surface area contributed by atoms with Crippen molar-refractivity contribution < 1.29 is 4.79 Å². The van der Waals surface area contributed by atoms with Crippen LogP contribution in [0, 0.1) is 0 Å². The van der Waals surface area contributed by atoms with Gasteiger partial charge in [-0.3, -0.25) is 4.79 Å². The summed E-state index contributed by atoms with van der Waals surface area (Å²) in [6.07, 6.45) is 2.73. The van der Waals surface area contributed by atoms with Gasteiger partial charge in [0.15, 0.2) is 0 Å². The summed E-state index contributed by atoms with van der Waals surface area (Å²) in [5.74, 6) is 0.780. The van der Waals surface area contributed by atoms with Gasteiger partial charge in [-0.25, -0.2) is 4.98 Å². The first-order valence-electron chi connectivity index (χ1n) is 7.32. The van der Waals surface area contributed by atoms with E-state index in [4.69, 9.17) is 0 Å². The zero-order valence-electron chi connectivity index (χ0n) is 12.6. The molecule has 0 radical (unpaired) electrons. The lowest BCUT2D eigenvalue weighted by atomic mass is 10.1. The van der Waals surface area contributed by atoms with Gasteiger partial charge in [-0.2, -0.15) is 0 Å². The minimum atomic E-state index is 0.0808. The Hall–Kier alpha value is -1.62. The molecule has 0 aliphatic carbocycles. The van der Waals surface area contributed by atoms with E-state index in [0.29, 0.717) is 11.4 Å². The van der Waals surface area contributed by atoms with Gasteiger partial charge in [0.1, 0.15) is 5.82 Å². The lowest BCUT2D eigenvalue weighted by Crippen LogP contribution is -2.52. The fraction of sp³-hybridized carbons (Fsp3) is 0.600. The molecule has 1 aliphatic heterocycles. The van der Waals surface area contributed by atoms with E-state index in [2.05, 4.69) is 36.1 Å². The summed E-state index contributed by atoms with van der Waals surface area (Å²) < 4.78 is 0. The van der Waals surface area contributed by atoms with Crippen LogP contribution in [0.5, 0.6) is 0 Å². The summed E-state index contributed by atoms with van der Waals surface area (Å²) in [5, 5.41) is 3.24. The van der Waals surface area contributed by atoms with E-state index in [1.165, 1.54) is 0 Å². The number of nitrogens with one attached hydrogen (secondary N) is 1. The largest absolute Gasteiger partial charge is 0.369 e. The number of nitrogens with zero attached hydrogens (tertiary/aromatic N) is 3. The lowest BCUT2D eigenvalue weighted by molar-refractivity contribution is 0.0534. The molecule has 0 spiro atoms. The topological polar surface area (TPSA) is 48.5 Å². The second kappa shape index (κ2) is 6.70. The van der Waals surface area contributed by atoms with E-state index in [-0.39, 0.29) is 11.9 Å². The van der Waals surface area contributed by atoms with Crippen molar-refractivity contribution >= 4 is 11.7 Å². The number of anilines is 1. The normalized spacial score (nSPS) is 19.9. The van der Waals surface area contributed by atoms with Crippen LogP contribution >= 0.6 is 0 Å². The number of pyridine rings is 1. The van der Waals surface area contributed by atoms with Gasteiger partial charge >= 0.3 is 0 Å². The van der Waals surface area contributed by atoms with E-state index < -0.39 is 0 Å². The Bertz CT molecular complexity index is 463. The molecule has 2 heterocycles. The smallest absolute Gasteiger partial charge is 0.257 e. The molecule has 1 saturated heterocycles. The van der Waals surface area contributed by atoms with Crippen LogP contribution in [0.4, 0.5) is 5.82 Å². The second-order valence-electron chi connectivity index (χ2n) is 5.44. The maximum absolute atomic E-state index is 12.7. The van der Waals surface area contributed by atoms with Crippen LogP contribution in [0.3, 0.4) is 0 Å². The lowest BCUT2D eigenvalue weighted by Gasteiger charge is -2.38. The van der Waals surface area contributed by atoms with Gasteiger partial charge in [0.25, 0.3) is 5.91 Å². The third-order valence-corrected chi connectivity index (χ3v) is 3.67. The molecule has 1 aromatic rings. The highest BCUT2D eigenvalue weighted by Gasteiger charge is 2.27. The molecule has 1 aliphatic rings. The Morgan fingerprint density at radius 3 is 3.00 bits per heavy atom. The first-order chi connectivity index (χ1) is 9.63. The van der Waals surface area contributed by atoms with Crippen molar-refractivity contribution in [3.63, 3.8) is 0 Å². The summed E-state index contributed by atoms with van der Waals surface area (Å²) in [4.78, 5) is 21.2. The second-order valence-corrected chi connectivity index (χ2v) is 5.44. The van der Waals surface area contributed by atoms with Crippen molar-refractivity contribution in [2.75, 3.05) is 38.5 Å². The Balaban J connectivity index is 2.16. The summed E-state index contributed by atoms with van der Waals surface area (Å²) in [6, 6.07) is 3.92. The van der Waals surface area contributed by atoms with Gasteiger partial charge in [-0.1, -0.05) is 6.92 Å². The average Bonchev–Trinajstić information content (AvgIpc) is 2.45. The van der Waals surface area contributed by atoms with Crippen LogP contribution in [-0.2, 0) is 0 Å². The van der Waals surface area contributed by atoms with Crippen LogP contribution in [0.2, 0.25) is 0 Å². The fourth-order valence-electron chi connectivity index (χ4n) is 2.56. The Kier molecular flexibility index (Phi) is 4.95. The number of amides is 1. The molecule has 0 saturated carbocycles. The summed E-state index contributed by atoms with van der Waals surface area (Å²) >= 11 is 0. The van der Waals surface area contributed by atoms with Crippen molar-refractivity contribution in [2.24, 2.45) is 0 Å². The maximum Gasteiger partial charge on any atom is 0.257 e. The maximum atomic E-state index is 12.7. The third kappa shape index (κ3) is 3.28. The molecule has 20 heavy (non-hydrogen) atoms. The Labute approximate surface area is 121 Å². The molecule has 0 aromatic carbocycles. The molecule has 1 N–H and O–H groups in total. The summed E-state index contributed by atoms with van der Waals surface area (Å²) in [6.45, 7) is 7.65. The molecule has 5 nitrogen and oxygen atoms in total. The van der Waals surface area contributed by atoms with Crippen LogP contribution < -0.4 is 5.32 Å². The fourth-order valence-corrected chi connectivity index (χ4v) is 2.56. The first-order valence-corrected chi connectivity index (χ1v) is 7.32. The van der Waals surface area contributed by atoms with Gasteiger partial charge in [0.05, 0.1) is 5.56 Å². The van der Waals surface area contributed by atoms with E-state index in [9.17, 15) is 4.79 Å². The number of carbonyl (C=O) groups is 1. The van der Waals surface area contributed by atoms with Gasteiger partial charge in [0, 0.05) is 38.4 Å². The molecule has 1 amide bonds. The number of likely N-dealkylation sites (N-methyl/N-ethyl adjacent to an activating group) is 1. The molecule has 5 heteroatoms. The van der Waals surface area contributed by atoms with Gasteiger partial charge < -0.3 is 15.1 Å². The molecule has 1 fully saturated rings. The van der Waals surface area contributed by atoms with Gasteiger partial charge in [-0.05, 0) is 32.5 Å². The van der Waals surface area contributed by atoms with E-state index in [1.54, 1.807) is 6.20 Å². The zero-order chi connectivity index (χ0) is 14.5. The monoisotopic (exact) mass is 276 g/mol. The van der Waals surface area contributed by atoms with Crippen molar-refractivity contribution in [1.29, 1.82) is 0 Å². The van der Waals surface area contributed by atoms with Crippen LogP contribution in [0.1, 0.15) is 30.6 Å². The summed E-state index contributed by atoms with van der Waals surface area (Å²) in [7, 11) is 2.09. The molecule has 2 rings (SSSR count). The van der Waals surface area contributed by atoms with E-state index in [1.807, 2.05) is 17.0 Å². The Morgan fingerprint density at radius 2 is 2.30 bits per heavy atom. The SMILES string of the molecule is CCCNc1ncccc1C(=O)N1CCN(C)CC1C. The Morgan fingerprint density at radius 1 is 1.50 bits per heavy atom. The molecule has 1 aromatic heterocycles. The predicted octanol–water partition coefficient (Wildman–Crippen LogP) is 1.68. The van der Waals surface area contributed by atoms with Crippen molar-refractivity contribution in [2.45, 2.75) is 26.3 Å². The van der Waals surface area contributed by atoms with Crippen molar-refractivity contribution in [3.8, 4) is 0 Å². The standard InChI is InChI=1S/C15H24N4O/c1-4-7-16-14-13(6-5-8-17-14)15(20)19-10-9-18(3)11-12(19)2/h5-6,8,12H,4,7,9-11H2,1-3H3,(H,16,17). The molecule has 0 bridgehead atoms. The highest BCUT2D eigenvalue weighted by molar-refractivity contribution is 5.99. The minimum Gasteiger partial charge on any atom is -0.369 e. The molecule has 110 valence electrons. The zero-order valence-corrected chi connectivity index (χ0v) is 12.6. The molecule has 1 unspecified atom stereocenters. The predicted molar refractivity (Wildman–Crippen MR) is 81.0 cm³/mol. The van der Waals surface area contributed by atoms with E-state index >= 15 is 0 Å². The highest BCUT2D eigenvalue weighted by atomic mass is 16.2. The third-order valence-electron chi connectivity index (χ3n) is 3.67. The van der Waals surface area contributed by atoms with Crippen molar-refractivity contribution in [3.05, 3.63) is 23.9 Å². The number of hydrogen-bond donors (Lipinski definition) is 1. The van der Waals surface area contributed by atoms with Crippen LogP contribution in [0.25, 0.3) is 0 Å². The quantitative estimate of drug-likeness (QED) is 0.909. The van der Waals surface area contributed by atoms with Gasteiger partial charge in [-0.15, -0.1) is 0 Å². The minimum absolute atomic E-state index is 0.0808. The number of hydrogen-bond acceptors (Lipinski definition) is 4. The van der Waals surface area contributed by atoms with Gasteiger partial charge in [0.2, 0.25) is 0 Å². The number of carbonyl (C=O) groups excluding carboxylic acids is 1. The molecular formula is C15H24N4O. The average molecular weight is 276 g/mol. The highest BCUT2D eigenvalue weighted by Crippen LogP contribution is 2.18. The first kappa shape index (κ1) is 14.8. The van der Waals surface area contributed by atoms with E-state index in [0.717, 1.165) is 32.6 Å². The van der Waals surface area contributed by atoms with Crippen LogP contribution in [-0.4, -0.2) is 60.0 Å². The summed E-state index contributed by atoms with van der Waals surface area (Å²) in [5.41, 5.74) is 0.678. The number of piperazine rings is 1. The van der Waals surface area contributed by atoms with Crippen LogP contribution in [0.15, 0.2) is 18.3 Å². The molecular weight excluding hydrogens is 252 g/mol. The number of rotatable bonds is 4. The number of aromatic nitrogens is 1. The molecule has 1 atom stereocenters. The van der Waals surface area contributed by atoms with Crippen molar-refractivity contribution in [1.82, 2.24) is 14.8 Å².